The van der Waals surface area contributed by atoms with Gasteiger partial charge in [-0.05, 0) is 35.9 Å². The third-order valence-electron chi connectivity index (χ3n) is 3.96. The van der Waals surface area contributed by atoms with Gasteiger partial charge in [0.25, 0.3) is 10.0 Å². The van der Waals surface area contributed by atoms with E-state index in [-0.39, 0.29) is 11.4 Å². The number of sulfonamides is 1. The van der Waals surface area contributed by atoms with Gasteiger partial charge in [0.05, 0.1) is 24.2 Å². The van der Waals surface area contributed by atoms with E-state index in [0.717, 1.165) is 0 Å². The molecule has 0 aliphatic heterocycles. The first-order chi connectivity index (χ1) is 12.5. The van der Waals surface area contributed by atoms with Gasteiger partial charge in [-0.3, -0.25) is 4.31 Å². The lowest BCUT2D eigenvalue weighted by molar-refractivity contribution is 0.415. The molecule has 134 valence electrons. The molecule has 3 aromatic rings. The van der Waals surface area contributed by atoms with Crippen LogP contribution in [0.25, 0.3) is 0 Å². The molecule has 3 aromatic carbocycles. The summed E-state index contributed by atoms with van der Waals surface area (Å²) in [6.45, 7) is 0.0945. The van der Waals surface area contributed by atoms with Gasteiger partial charge in [0.2, 0.25) is 0 Å². The number of hydrogen-bond donors (Lipinski definition) is 0. The minimum Gasteiger partial charge on any atom is -0.495 e. The lowest BCUT2D eigenvalue weighted by atomic mass is 10.2. The molecule has 0 N–H and O–H groups in total. The molecule has 0 fully saturated rings. The van der Waals surface area contributed by atoms with Gasteiger partial charge >= 0.3 is 0 Å². The van der Waals surface area contributed by atoms with Crippen LogP contribution < -0.4 is 9.04 Å². The summed E-state index contributed by atoms with van der Waals surface area (Å²) < 4.78 is 33.4. The van der Waals surface area contributed by atoms with Gasteiger partial charge in [0.1, 0.15) is 5.75 Å². The molecule has 0 atom stereocenters. The first-order valence-corrected chi connectivity index (χ1v) is 9.80. The van der Waals surface area contributed by atoms with Crippen molar-refractivity contribution in [1.82, 2.24) is 0 Å². The van der Waals surface area contributed by atoms with Crippen molar-refractivity contribution in [1.29, 1.82) is 0 Å². The molecule has 0 aromatic heterocycles. The van der Waals surface area contributed by atoms with Crippen molar-refractivity contribution in [2.24, 2.45) is 0 Å². The van der Waals surface area contributed by atoms with Crippen LogP contribution in [0, 0.1) is 0 Å². The fourth-order valence-corrected chi connectivity index (χ4v) is 4.31. The fraction of sp³-hybridized carbons (Fsp3) is 0.100. The Balaban J connectivity index is 2.15. The molecular formula is C20H18ClNO3S. The normalized spacial score (nSPS) is 11.2. The zero-order valence-electron chi connectivity index (χ0n) is 14.2. The summed E-state index contributed by atoms with van der Waals surface area (Å²) >= 11 is 6.27. The van der Waals surface area contributed by atoms with Gasteiger partial charge in [-0.15, -0.1) is 0 Å². The average Bonchev–Trinajstić information content (AvgIpc) is 2.68. The van der Waals surface area contributed by atoms with Crippen LogP contribution in [-0.4, -0.2) is 15.5 Å². The first-order valence-electron chi connectivity index (χ1n) is 7.98. The molecule has 4 nitrogen and oxygen atoms in total. The van der Waals surface area contributed by atoms with E-state index in [1.807, 2.05) is 18.2 Å². The summed E-state index contributed by atoms with van der Waals surface area (Å²) in [6, 6.07) is 22.5. The molecule has 6 heteroatoms. The molecule has 0 radical (unpaired) electrons. The van der Waals surface area contributed by atoms with Crippen molar-refractivity contribution >= 4 is 27.3 Å². The van der Waals surface area contributed by atoms with Gasteiger partial charge in [-0.25, -0.2) is 8.42 Å². The van der Waals surface area contributed by atoms with E-state index in [4.69, 9.17) is 16.3 Å². The molecule has 0 saturated heterocycles. The zero-order chi connectivity index (χ0) is 18.6. The maximum Gasteiger partial charge on any atom is 0.264 e. The predicted octanol–water partition coefficient (Wildman–Crippen LogP) is 4.74. The molecule has 0 saturated carbocycles. The molecule has 0 bridgehead atoms. The van der Waals surface area contributed by atoms with Crippen molar-refractivity contribution in [2.45, 2.75) is 11.4 Å². The Morgan fingerprint density at radius 2 is 1.50 bits per heavy atom. The summed E-state index contributed by atoms with van der Waals surface area (Å²) in [5, 5.41) is 0.510. The number of ether oxygens (including phenoxy) is 1. The molecule has 3 rings (SSSR count). The van der Waals surface area contributed by atoms with Gasteiger partial charge in [0, 0.05) is 5.02 Å². The lowest BCUT2D eigenvalue weighted by Crippen LogP contribution is -2.31. The minimum absolute atomic E-state index is 0.0945. The molecular weight excluding hydrogens is 370 g/mol. The highest BCUT2D eigenvalue weighted by atomic mass is 35.5. The van der Waals surface area contributed by atoms with Crippen molar-refractivity contribution < 1.29 is 13.2 Å². The average molecular weight is 388 g/mol. The second-order valence-electron chi connectivity index (χ2n) is 5.59. The monoisotopic (exact) mass is 387 g/mol. The summed E-state index contributed by atoms with van der Waals surface area (Å²) in [5.41, 5.74) is 1.17. The lowest BCUT2D eigenvalue weighted by Gasteiger charge is -2.26. The Morgan fingerprint density at radius 1 is 0.885 bits per heavy atom. The van der Waals surface area contributed by atoms with E-state index in [9.17, 15) is 8.42 Å². The topological polar surface area (TPSA) is 46.6 Å². The third-order valence-corrected chi connectivity index (χ3v) is 6.10. The van der Waals surface area contributed by atoms with Gasteiger partial charge < -0.3 is 4.74 Å². The standard InChI is InChI=1S/C20H18ClNO3S/c1-25-20-14-8-7-13-19(20)22(15-16-9-5-6-12-18(16)21)26(23,24)17-10-3-2-4-11-17/h2-14H,15H2,1H3. The van der Waals surface area contributed by atoms with Gasteiger partial charge in [-0.2, -0.15) is 0 Å². The van der Waals surface area contributed by atoms with Gasteiger partial charge in [0.15, 0.2) is 0 Å². The molecule has 0 spiro atoms. The highest BCUT2D eigenvalue weighted by molar-refractivity contribution is 7.92. The summed E-state index contributed by atoms with van der Waals surface area (Å²) in [7, 11) is -2.29. The van der Waals surface area contributed by atoms with Crippen LogP contribution in [0.1, 0.15) is 5.56 Å². The number of hydrogen-bond acceptors (Lipinski definition) is 3. The molecule has 0 aliphatic rings. The van der Waals surface area contributed by atoms with Crippen molar-refractivity contribution in [3.63, 3.8) is 0 Å². The first kappa shape index (κ1) is 18.3. The Kier molecular flexibility index (Phi) is 5.49. The Bertz CT molecular complexity index is 991. The van der Waals surface area contributed by atoms with E-state index in [0.29, 0.717) is 22.0 Å². The van der Waals surface area contributed by atoms with Crippen LogP contribution in [0.5, 0.6) is 5.75 Å². The van der Waals surface area contributed by atoms with Crippen LogP contribution in [0.3, 0.4) is 0 Å². The molecule has 0 aliphatic carbocycles. The number of para-hydroxylation sites is 2. The molecule has 26 heavy (non-hydrogen) atoms. The summed E-state index contributed by atoms with van der Waals surface area (Å²) in [5.74, 6) is 0.471. The maximum absolute atomic E-state index is 13.3. The number of benzene rings is 3. The van der Waals surface area contributed by atoms with Crippen molar-refractivity contribution in [3.05, 3.63) is 89.4 Å². The summed E-state index contributed by atoms with van der Waals surface area (Å²) in [6.07, 6.45) is 0. The van der Waals surface area contributed by atoms with Crippen LogP contribution in [0.2, 0.25) is 5.02 Å². The predicted molar refractivity (Wildman–Crippen MR) is 104 cm³/mol. The second kappa shape index (κ2) is 7.81. The number of anilines is 1. The van der Waals surface area contributed by atoms with Crippen LogP contribution in [-0.2, 0) is 16.6 Å². The summed E-state index contributed by atoms with van der Waals surface area (Å²) in [4.78, 5) is 0.206. The Hall–Kier alpha value is -2.50. The SMILES string of the molecule is COc1ccccc1N(Cc1ccccc1Cl)S(=O)(=O)c1ccccc1. The maximum atomic E-state index is 13.3. The van der Waals surface area contributed by atoms with Crippen LogP contribution in [0.4, 0.5) is 5.69 Å². The minimum atomic E-state index is -3.81. The van der Waals surface area contributed by atoms with E-state index in [2.05, 4.69) is 0 Å². The van der Waals surface area contributed by atoms with E-state index < -0.39 is 10.0 Å². The van der Waals surface area contributed by atoms with E-state index in [1.54, 1.807) is 60.7 Å². The van der Waals surface area contributed by atoms with Gasteiger partial charge in [-0.1, -0.05) is 60.1 Å². The zero-order valence-corrected chi connectivity index (χ0v) is 15.7. The number of methoxy groups -OCH3 is 1. The van der Waals surface area contributed by atoms with Crippen molar-refractivity contribution in [3.8, 4) is 5.75 Å². The second-order valence-corrected chi connectivity index (χ2v) is 7.86. The largest absolute Gasteiger partial charge is 0.495 e. The molecule has 0 amide bonds. The van der Waals surface area contributed by atoms with Crippen LogP contribution in [0.15, 0.2) is 83.8 Å². The smallest absolute Gasteiger partial charge is 0.264 e. The Labute approximate surface area is 158 Å². The number of halogens is 1. The highest BCUT2D eigenvalue weighted by Crippen LogP contribution is 2.34. The molecule has 0 unspecified atom stereocenters. The third kappa shape index (κ3) is 3.69. The van der Waals surface area contributed by atoms with Crippen LogP contribution >= 0.6 is 11.6 Å². The van der Waals surface area contributed by atoms with E-state index >= 15 is 0 Å². The van der Waals surface area contributed by atoms with E-state index in [1.165, 1.54) is 11.4 Å². The quantitative estimate of drug-likeness (QED) is 0.613. The number of nitrogens with zero attached hydrogens (tertiary/aromatic N) is 1. The number of rotatable bonds is 6. The highest BCUT2D eigenvalue weighted by Gasteiger charge is 2.27. The molecule has 0 heterocycles. The fourth-order valence-electron chi connectivity index (χ4n) is 2.64. The Morgan fingerprint density at radius 3 is 2.19 bits per heavy atom. The van der Waals surface area contributed by atoms with Crippen molar-refractivity contribution in [2.75, 3.05) is 11.4 Å².